The molecule has 0 spiro atoms. The van der Waals surface area contributed by atoms with Crippen LogP contribution in [0.2, 0.25) is 0 Å². The molecule has 0 aromatic carbocycles. The fourth-order valence-electron chi connectivity index (χ4n) is 2.24. The Labute approximate surface area is 108 Å². The molecule has 0 aromatic heterocycles. The van der Waals surface area contributed by atoms with Gasteiger partial charge in [0.25, 0.3) is 0 Å². The van der Waals surface area contributed by atoms with Crippen molar-refractivity contribution >= 4 is 12.1 Å². The second-order valence-corrected chi connectivity index (χ2v) is 5.95. The number of carboxylic acids is 1. The first-order valence-electron chi connectivity index (χ1n) is 6.47. The fourth-order valence-corrected chi connectivity index (χ4v) is 2.24. The lowest BCUT2D eigenvalue weighted by Gasteiger charge is -2.27. The number of hydrogen-bond donors (Lipinski definition) is 2. The molecule has 5 heteroatoms. The van der Waals surface area contributed by atoms with Crippen molar-refractivity contribution in [1.82, 2.24) is 5.32 Å². The predicted molar refractivity (Wildman–Crippen MR) is 67.3 cm³/mol. The Balaban J connectivity index is 2.31. The van der Waals surface area contributed by atoms with E-state index in [2.05, 4.69) is 5.32 Å². The summed E-state index contributed by atoms with van der Waals surface area (Å²) in [7, 11) is 0. The molecule has 5 nitrogen and oxygen atoms in total. The number of rotatable bonds is 3. The molecule has 0 saturated heterocycles. The Morgan fingerprint density at radius 1 is 1.33 bits per heavy atom. The van der Waals surface area contributed by atoms with E-state index in [0.29, 0.717) is 13.0 Å². The molecular weight excluding hydrogens is 234 g/mol. The molecule has 104 valence electrons. The number of carbonyl (C=O) groups is 2. The van der Waals surface area contributed by atoms with Gasteiger partial charge in [0, 0.05) is 6.54 Å². The molecule has 0 bridgehead atoms. The van der Waals surface area contributed by atoms with Gasteiger partial charge in [0.05, 0.1) is 5.92 Å². The fraction of sp³-hybridized carbons (Fsp3) is 0.846. The van der Waals surface area contributed by atoms with Gasteiger partial charge in [0.1, 0.15) is 5.60 Å². The minimum atomic E-state index is -0.725. The van der Waals surface area contributed by atoms with Gasteiger partial charge in [-0.05, 0) is 46.0 Å². The van der Waals surface area contributed by atoms with E-state index < -0.39 is 17.7 Å². The van der Waals surface area contributed by atoms with Crippen molar-refractivity contribution in [2.45, 2.75) is 52.1 Å². The van der Waals surface area contributed by atoms with Gasteiger partial charge < -0.3 is 15.2 Å². The number of alkyl carbamates (subject to hydrolysis) is 1. The van der Waals surface area contributed by atoms with Crippen molar-refractivity contribution in [2.24, 2.45) is 11.8 Å². The van der Waals surface area contributed by atoms with Crippen LogP contribution in [0.15, 0.2) is 0 Å². The summed E-state index contributed by atoms with van der Waals surface area (Å²) in [4.78, 5) is 22.4. The summed E-state index contributed by atoms with van der Waals surface area (Å²) in [5.41, 5.74) is -0.500. The summed E-state index contributed by atoms with van der Waals surface area (Å²) in [6, 6.07) is 0. The minimum Gasteiger partial charge on any atom is -0.481 e. The number of carbonyl (C=O) groups excluding carboxylic acids is 1. The minimum absolute atomic E-state index is 0.243. The van der Waals surface area contributed by atoms with Gasteiger partial charge in [-0.25, -0.2) is 4.79 Å². The second kappa shape index (κ2) is 6.07. The van der Waals surface area contributed by atoms with Gasteiger partial charge in [-0.15, -0.1) is 0 Å². The van der Waals surface area contributed by atoms with E-state index in [1.165, 1.54) is 0 Å². The molecule has 18 heavy (non-hydrogen) atoms. The molecule has 0 heterocycles. The average molecular weight is 257 g/mol. The summed E-state index contributed by atoms with van der Waals surface area (Å²) < 4.78 is 5.14. The molecule has 2 N–H and O–H groups in total. The third-order valence-electron chi connectivity index (χ3n) is 3.07. The summed E-state index contributed by atoms with van der Waals surface area (Å²) in [6.07, 6.45) is 2.85. The first kappa shape index (κ1) is 14.8. The van der Waals surface area contributed by atoms with E-state index >= 15 is 0 Å². The number of aliphatic carboxylic acids is 1. The van der Waals surface area contributed by atoms with Gasteiger partial charge in [-0.1, -0.05) is 6.42 Å². The van der Waals surface area contributed by atoms with Crippen LogP contribution in [0.5, 0.6) is 0 Å². The monoisotopic (exact) mass is 257 g/mol. The highest BCUT2D eigenvalue weighted by Gasteiger charge is 2.27. The number of nitrogens with one attached hydrogen (secondary N) is 1. The Morgan fingerprint density at radius 2 is 2.00 bits per heavy atom. The van der Waals surface area contributed by atoms with Crippen LogP contribution < -0.4 is 5.32 Å². The van der Waals surface area contributed by atoms with Crippen molar-refractivity contribution in [2.75, 3.05) is 6.54 Å². The molecule has 2 atom stereocenters. The van der Waals surface area contributed by atoms with E-state index in [4.69, 9.17) is 9.84 Å². The molecule has 1 aliphatic rings. The molecule has 2 unspecified atom stereocenters. The highest BCUT2D eigenvalue weighted by molar-refractivity contribution is 5.70. The van der Waals surface area contributed by atoms with Crippen LogP contribution in [-0.2, 0) is 9.53 Å². The Bertz CT molecular complexity index is 309. The van der Waals surface area contributed by atoms with Crippen LogP contribution in [0.3, 0.4) is 0 Å². The summed E-state index contributed by atoms with van der Waals surface area (Å²) in [6.45, 7) is 5.94. The third kappa shape index (κ3) is 5.38. The largest absolute Gasteiger partial charge is 0.481 e. The van der Waals surface area contributed by atoms with E-state index in [-0.39, 0.29) is 11.8 Å². The van der Waals surface area contributed by atoms with Gasteiger partial charge in [0.15, 0.2) is 0 Å². The van der Waals surface area contributed by atoms with Crippen LogP contribution in [0.4, 0.5) is 4.79 Å². The number of carboxylic acid groups (broad SMARTS) is 1. The predicted octanol–water partition coefficient (Wildman–Crippen LogP) is 2.40. The summed E-state index contributed by atoms with van der Waals surface area (Å²) >= 11 is 0. The van der Waals surface area contributed by atoms with Gasteiger partial charge >= 0.3 is 12.1 Å². The highest BCUT2D eigenvalue weighted by atomic mass is 16.6. The van der Waals surface area contributed by atoms with E-state index in [1.54, 1.807) is 0 Å². The first-order chi connectivity index (χ1) is 8.28. The molecule has 1 aliphatic carbocycles. The SMILES string of the molecule is CC(C)(C)OC(=O)NCC1CCCC(C(=O)O)C1. The topological polar surface area (TPSA) is 75.6 Å². The van der Waals surface area contributed by atoms with Crippen molar-refractivity contribution in [3.8, 4) is 0 Å². The lowest BCUT2D eigenvalue weighted by atomic mass is 9.81. The maximum Gasteiger partial charge on any atom is 0.407 e. The van der Waals surface area contributed by atoms with Crippen molar-refractivity contribution < 1.29 is 19.4 Å². The van der Waals surface area contributed by atoms with Crippen LogP contribution in [0.25, 0.3) is 0 Å². The van der Waals surface area contributed by atoms with Crippen molar-refractivity contribution in [3.05, 3.63) is 0 Å². The quantitative estimate of drug-likeness (QED) is 0.814. The van der Waals surface area contributed by atoms with E-state index in [0.717, 1.165) is 19.3 Å². The highest BCUT2D eigenvalue weighted by Crippen LogP contribution is 2.28. The van der Waals surface area contributed by atoms with E-state index in [9.17, 15) is 9.59 Å². The van der Waals surface area contributed by atoms with Crippen molar-refractivity contribution in [1.29, 1.82) is 0 Å². The molecule has 1 saturated carbocycles. The molecule has 1 fully saturated rings. The Hall–Kier alpha value is -1.26. The molecule has 1 rings (SSSR count). The van der Waals surface area contributed by atoms with Gasteiger partial charge in [-0.3, -0.25) is 4.79 Å². The average Bonchev–Trinajstić information content (AvgIpc) is 2.24. The number of ether oxygens (including phenoxy) is 1. The summed E-state index contributed by atoms with van der Waals surface area (Å²) in [5, 5.41) is 11.7. The smallest absolute Gasteiger partial charge is 0.407 e. The van der Waals surface area contributed by atoms with Gasteiger partial charge in [-0.2, -0.15) is 0 Å². The molecular formula is C13H23NO4. The zero-order valence-corrected chi connectivity index (χ0v) is 11.4. The maximum absolute atomic E-state index is 11.5. The zero-order valence-electron chi connectivity index (χ0n) is 11.4. The lowest BCUT2D eigenvalue weighted by Crippen LogP contribution is -2.37. The van der Waals surface area contributed by atoms with Crippen LogP contribution in [0, 0.1) is 11.8 Å². The van der Waals surface area contributed by atoms with Crippen LogP contribution >= 0.6 is 0 Å². The first-order valence-corrected chi connectivity index (χ1v) is 6.47. The molecule has 0 aromatic rings. The molecule has 1 amide bonds. The Morgan fingerprint density at radius 3 is 2.56 bits per heavy atom. The molecule has 0 radical (unpaired) electrons. The lowest BCUT2D eigenvalue weighted by molar-refractivity contribution is -0.143. The van der Waals surface area contributed by atoms with Crippen LogP contribution in [0.1, 0.15) is 46.5 Å². The standard InChI is InChI=1S/C13H23NO4/c1-13(2,3)18-12(17)14-8-9-5-4-6-10(7-9)11(15)16/h9-10H,4-8H2,1-3H3,(H,14,17)(H,15,16). The zero-order chi connectivity index (χ0) is 13.8. The van der Waals surface area contributed by atoms with Gasteiger partial charge in [0.2, 0.25) is 0 Å². The number of amides is 1. The third-order valence-corrected chi connectivity index (χ3v) is 3.07. The molecule has 0 aliphatic heterocycles. The summed E-state index contributed by atoms with van der Waals surface area (Å²) in [5.74, 6) is -0.742. The second-order valence-electron chi connectivity index (χ2n) is 5.95. The number of hydrogen-bond acceptors (Lipinski definition) is 3. The van der Waals surface area contributed by atoms with Crippen molar-refractivity contribution in [3.63, 3.8) is 0 Å². The Kier molecular flexibility index (Phi) is 4.99. The normalized spacial score (nSPS) is 24.4. The van der Waals surface area contributed by atoms with Crippen LogP contribution in [-0.4, -0.2) is 29.3 Å². The maximum atomic E-state index is 11.5. The van der Waals surface area contributed by atoms with E-state index in [1.807, 2.05) is 20.8 Å².